The average Bonchev–Trinajstić information content (AvgIpc) is 3.12. The highest BCUT2D eigenvalue weighted by Gasteiger charge is 2.12. The topological polar surface area (TPSA) is 82.8 Å². The van der Waals surface area contributed by atoms with Crippen LogP contribution in [0.3, 0.4) is 0 Å². The Morgan fingerprint density at radius 2 is 2.00 bits per heavy atom. The Balaban J connectivity index is 1.57. The molecule has 0 aliphatic carbocycles. The molecule has 25 heavy (non-hydrogen) atoms. The molecule has 0 atom stereocenters. The van der Waals surface area contributed by atoms with Crippen LogP contribution in [0.25, 0.3) is 11.0 Å². The summed E-state index contributed by atoms with van der Waals surface area (Å²) in [7, 11) is 0. The first kappa shape index (κ1) is 16.9. The van der Waals surface area contributed by atoms with Crippen LogP contribution in [-0.2, 0) is 9.53 Å². The van der Waals surface area contributed by atoms with E-state index >= 15 is 0 Å². The van der Waals surface area contributed by atoms with Crippen molar-refractivity contribution >= 4 is 34.1 Å². The van der Waals surface area contributed by atoms with Crippen molar-refractivity contribution in [3.8, 4) is 5.75 Å². The summed E-state index contributed by atoms with van der Waals surface area (Å²) in [6.07, 6.45) is 0. The Labute approximate surface area is 146 Å². The molecule has 7 heteroatoms. The van der Waals surface area contributed by atoms with Gasteiger partial charge in [0.2, 0.25) is 5.78 Å². The Bertz CT molecular complexity index is 971. The lowest BCUT2D eigenvalue weighted by Crippen LogP contribution is -2.19. The van der Waals surface area contributed by atoms with Crippen LogP contribution in [0.1, 0.15) is 15.2 Å². The minimum atomic E-state index is -0.657. The van der Waals surface area contributed by atoms with Crippen molar-refractivity contribution in [2.24, 2.45) is 0 Å². The number of carbonyl (C=O) groups excluding carboxylic acids is 2. The first-order valence-electron chi connectivity index (χ1n) is 7.42. The normalized spacial score (nSPS) is 10.6. The van der Waals surface area contributed by atoms with Gasteiger partial charge in [0.05, 0.1) is 4.88 Å². The SMILES string of the molecule is Cc1cc(=O)oc2cc(OCC(=O)OCC(=O)c3cccs3)ccc12. The number of aryl methyl sites for hydroxylation is 1. The number of Topliss-reactive ketones (excluding diaryl/α,β-unsaturated/α-hetero) is 1. The van der Waals surface area contributed by atoms with Crippen LogP contribution < -0.4 is 10.4 Å². The van der Waals surface area contributed by atoms with E-state index in [0.717, 1.165) is 10.9 Å². The van der Waals surface area contributed by atoms with Crippen LogP contribution in [0, 0.1) is 6.92 Å². The van der Waals surface area contributed by atoms with E-state index in [1.807, 2.05) is 6.92 Å². The summed E-state index contributed by atoms with van der Waals surface area (Å²) >= 11 is 1.29. The molecule has 2 aromatic heterocycles. The molecule has 3 rings (SSSR count). The standard InChI is InChI=1S/C18H14O6S/c1-11-7-17(20)24-15-8-12(4-5-13(11)15)22-10-18(21)23-9-14(19)16-3-2-6-25-16/h2-8H,9-10H2,1H3. The third-order valence-electron chi connectivity index (χ3n) is 3.44. The summed E-state index contributed by atoms with van der Waals surface area (Å²) in [5, 5.41) is 2.56. The van der Waals surface area contributed by atoms with E-state index in [9.17, 15) is 14.4 Å². The summed E-state index contributed by atoms with van der Waals surface area (Å²) in [5.74, 6) is -0.551. The van der Waals surface area contributed by atoms with Gasteiger partial charge in [0.25, 0.3) is 0 Å². The van der Waals surface area contributed by atoms with Crippen molar-refractivity contribution in [1.29, 1.82) is 0 Å². The highest BCUT2D eigenvalue weighted by molar-refractivity contribution is 7.12. The molecule has 128 valence electrons. The van der Waals surface area contributed by atoms with Crippen molar-refractivity contribution < 1.29 is 23.5 Å². The number of hydrogen-bond acceptors (Lipinski definition) is 7. The first-order valence-corrected chi connectivity index (χ1v) is 8.30. The second-order valence-electron chi connectivity index (χ2n) is 5.26. The Morgan fingerprint density at radius 3 is 2.76 bits per heavy atom. The summed E-state index contributed by atoms with van der Waals surface area (Å²) < 4.78 is 15.3. The Kier molecular flexibility index (Phi) is 4.95. The van der Waals surface area contributed by atoms with Gasteiger partial charge in [0.15, 0.2) is 13.2 Å². The number of esters is 1. The van der Waals surface area contributed by atoms with Crippen molar-refractivity contribution in [2.75, 3.05) is 13.2 Å². The molecular formula is C18H14O6S. The van der Waals surface area contributed by atoms with Crippen LogP contribution in [0.2, 0.25) is 0 Å². The fourth-order valence-electron chi connectivity index (χ4n) is 2.23. The van der Waals surface area contributed by atoms with Crippen molar-refractivity contribution in [3.63, 3.8) is 0 Å². The summed E-state index contributed by atoms with van der Waals surface area (Å²) in [4.78, 5) is 35.4. The molecule has 0 N–H and O–H groups in total. The highest BCUT2D eigenvalue weighted by Crippen LogP contribution is 2.22. The van der Waals surface area contributed by atoms with E-state index in [4.69, 9.17) is 13.9 Å². The number of ketones is 1. The van der Waals surface area contributed by atoms with Gasteiger partial charge in [-0.25, -0.2) is 9.59 Å². The van der Waals surface area contributed by atoms with Crippen molar-refractivity contribution in [1.82, 2.24) is 0 Å². The third kappa shape index (κ3) is 4.13. The van der Waals surface area contributed by atoms with E-state index in [1.165, 1.54) is 23.5 Å². The second kappa shape index (κ2) is 7.31. The summed E-state index contributed by atoms with van der Waals surface area (Å²) in [6.45, 7) is 1.13. The van der Waals surface area contributed by atoms with Gasteiger partial charge in [-0.2, -0.15) is 0 Å². The van der Waals surface area contributed by atoms with Crippen LogP contribution in [-0.4, -0.2) is 25.0 Å². The zero-order valence-electron chi connectivity index (χ0n) is 13.3. The monoisotopic (exact) mass is 358 g/mol. The van der Waals surface area contributed by atoms with E-state index < -0.39 is 11.6 Å². The molecule has 0 unspecified atom stereocenters. The number of carbonyl (C=O) groups is 2. The van der Waals surface area contributed by atoms with Crippen LogP contribution in [0.15, 0.2) is 51.0 Å². The Morgan fingerprint density at radius 1 is 1.16 bits per heavy atom. The summed E-state index contributed by atoms with van der Waals surface area (Å²) in [6, 6.07) is 9.78. The lowest BCUT2D eigenvalue weighted by Gasteiger charge is -2.07. The van der Waals surface area contributed by atoms with Gasteiger partial charge in [0, 0.05) is 17.5 Å². The number of benzene rings is 1. The number of thiophene rings is 1. The largest absolute Gasteiger partial charge is 0.482 e. The second-order valence-corrected chi connectivity index (χ2v) is 6.20. The minimum Gasteiger partial charge on any atom is -0.482 e. The van der Waals surface area contributed by atoms with Crippen molar-refractivity contribution in [2.45, 2.75) is 6.92 Å². The molecule has 0 radical (unpaired) electrons. The quantitative estimate of drug-likeness (QED) is 0.383. The van der Waals surface area contributed by atoms with E-state index in [-0.39, 0.29) is 19.0 Å². The zero-order chi connectivity index (χ0) is 17.8. The number of rotatable bonds is 6. The number of hydrogen-bond donors (Lipinski definition) is 0. The van der Waals surface area contributed by atoms with E-state index in [2.05, 4.69) is 0 Å². The van der Waals surface area contributed by atoms with Gasteiger partial charge in [-0.05, 0) is 36.1 Å². The predicted octanol–water partition coefficient (Wildman–Crippen LogP) is 2.97. The van der Waals surface area contributed by atoms with Crippen molar-refractivity contribution in [3.05, 3.63) is 62.6 Å². The molecule has 0 saturated heterocycles. The van der Waals surface area contributed by atoms with Gasteiger partial charge in [-0.1, -0.05) is 6.07 Å². The molecule has 0 aliphatic heterocycles. The molecule has 0 aliphatic rings. The maximum atomic E-state index is 11.7. The van der Waals surface area contributed by atoms with Gasteiger partial charge < -0.3 is 13.9 Å². The Hall–Kier alpha value is -2.93. The zero-order valence-corrected chi connectivity index (χ0v) is 14.1. The molecule has 6 nitrogen and oxygen atoms in total. The van der Waals surface area contributed by atoms with E-state index in [0.29, 0.717) is 16.2 Å². The van der Waals surface area contributed by atoms with E-state index in [1.54, 1.807) is 29.6 Å². The minimum absolute atomic E-state index is 0.258. The smallest absolute Gasteiger partial charge is 0.344 e. The molecular weight excluding hydrogens is 344 g/mol. The maximum Gasteiger partial charge on any atom is 0.344 e. The predicted molar refractivity (Wildman–Crippen MR) is 92.3 cm³/mol. The number of ether oxygens (including phenoxy) is 2. The maximum absolute atomic E-state index is 11.7. The van der Waals surface area contributed by atoms with Gasteiger partial charge in [-0.15, -0.1) is 11.3 Å². The lowest BCUT2D eigenvalue weighted by molar-refractivity contribution is -0.144. The molecule has 0 spiro atoms. The first-order chi connectivity index (χ1) is 12.0. The number of fused-ring (bicyclic) bond motifs is 1. The highest BCUT2D eigenvalue weighted by atomic mass is 32.1. The van der Waals surface area contributed by atoms with Gasteiger partial charge in [0.1, 0.15) is 11.3 Å². The molecule has 0 amide bonds. The molecule has 0 fully saturated rings. The fourth-order valence-corrected chi connectivity index (χ4v) is 2.88. The molecule has 2 heterocycles. The summed E-state index contributed by atoms with van der Waals surface area (Å²) in [5.41, 5.74) is 0.724. The average molecular weight is 358 g/mol. The molecule has 0 bridgehead atoms. The fraction of sp³-hybridized carbons (Fsp3) is 0.167. The molecule has 0 saturated carbocycles. The van der Waals surface area contributed by atoms with Crippen LogP contribution in [0.4, 0.5) is 0 Å². The van der Waals surface area contributed by atoms with Gasteiger partial charge >= 0.3 is 11.6 Å². The lowest BCUT2D eigenvalue weighted by atomic mass is 10.1. The van der Waals surface area contributed by atoms with Crippen LogP contribution in [0.5, 0.6) is 5.75 Å². The molecule has 1 aromatic carbocycles. The van der Waals surface area contributed by atoms with Crippen LogP contribution >= 0.6 is 11.3 Å². The molecule has 3 aromatic rings. The van der Waals surface area contributed by atoms with Gasteiger partial charge in [-0.3, -0.25) is 4.79 Å². The third-order valence-corrected chi connectivity index (χ3v) is 4.35.